The van der Waals surface area contributed by atoms with Crippen LogP contribution in [0.15, 0.2) is 23.7 Å². The van der Waals surface area contributed by atoms with Gasteiger partial charge in [-0.05, 0) is 18.9 Å². The molecule has 4 N–H and O–H groups in total. The van der Waals surface area contributed by atoms with Crippen LogP contribution in [0.3, 0.4) is 0 Å². The van der Waals surface area contributed by atoms with Gasteiger partial charge < -0.3 is 21.1 Å². The number of nitrogens with zero attached hydrogens (tertiary/aromatic N) is 1. The smallest absolute Gasteiger partial charge is 0.154 e. The minimum Gasteiger partial charge on any atom is -0.504 e. The van der Waals surface area contributed by atoms with Gasteiger partial charge in [0.05, 0.1) is 5.70 Å². The third kappa shape index (κ3) is 1.85. The Bertz CT molecular complexity index is 273. The lowest BCUT2D eigenvalue weighted by molar-refractivity contribution is 0.240. The van der Waals surface area contributed by atoms with Crippen LogP contribution >= 0.6 is 0 Å². The zero-order valence-electron chi connectivity index (χ0n) is 8.24. The number of aliphatic hydroxyl groups excluding tert-OH is 1. The number of hydrogen-bond acceptors (Lipinski definition) is 4. The first-order chi connectivity index (χ1) is 6.77. The van der Waals surface area contributed by atoms with Gasteiger partial charge in [0.2, 0.25) is 0 Å². The summed E-state index contributed by atoms with van der Waals surface area (Å²) >= 11 is 0. The third-order valence-electron chi connectivity index (χ3n) is 2.71. The average molecular weight is 195 g/mol. The van der Waals surface area contributed by atoms with Crippen molar-refractivity contribution in [3.8, 4) is 0 Å². The fraction of sp³-hybridized carbons (Fsp3) is 0.600. The summed E-state index contributed by atoms with van der Waals surface area (Å²) in [5.41, 5.74) is 6.82. The second-order valence-electron chi connectivity index (χ2n) is 3.88. The summed E-state index contributed by atoms with van der Waals surface area (Å²) in [5.74, 6) is 0.324. The first-order valence-corrected chi connectivity index (χ1v) is 5.11. The molecule has 14 heavy (non-hydrogen) atoms. The molecule has 0 bridgehead atoms. The minimum absolute atomic E-state index is 0.243. The molecular weight excluding hydrogens is 178 g/mol. The standard InChI is InChI=1S/C10H17N3O/c11-8-2-1-5-13(7-8)9-3-4-12-6-10(9)14/h3,6,8,12,14H,1-2,4-5,7,11H2/t8-/m1/s1. The van der Waals surface area contributed by atoms with Crippen molar-refractivity contribution in [2.45, 2.75) is 18.9 Å². The van der Waals surface area contributed by atoms with Crippen molar-refractivity contribution in [1.82, 2.24) is 10.2 Å². The van der Waals surface area contributed by atoms with Gasteiger partial charge in [-0.1, -0.05) is 0 Å². The van der Waals surface area contributed by atoms with E-state index < -0.39 is 0 Å². The summed E-state index contributed by atoms with van der Waals surface area (Å²) in [6.45, 7) is 2.63. The maximum absolute atomic E-state index is 9.66. The fourth-order valence-electron chi connectivity index (χ4n) is 2.01. The Balaban J connectivity index is 2.06. The first kappa shape index (κ1) is 9.40. The predicted octanol–water partition coefficient (Wildman–Crippen LogP) is 0.296. The molecule has 0 aliphatic carbocycles. The zero-order chi connectivity index (χ0) is 9.97. The summed E-state index contributed by atoms with van der Waals surface area (Å²) in [4.78, 5) is 2.17. The summed E-state index contributed by atoms with van der Waals surface area (Å²) < 4.78 is 0. The van der Waals surface area contributed by atoms with Gasteiger partial charge in [-0.3, -0.25) is 0 Å². The normalized spacial score (nSPS) is 27.8. The highest BCUT2D eigenvalue weighted by molar-refractivity contribution is 5.27. The fourth-order valence-corrected chi connectivity index (χ4v) is 2.01. The van der Waals surface area contributed by atoms with Gasteiger partial charge in [-0.25, -0.2) is 0 Å². The van der Waals surface area contributed by atoms with Crippen LogP contribution in [0.4, 0.5) is 0 Å². The van der Waals surface area contributed by atoms with E-state index in [1.807, 2.05) is 6.08 Å². The molecule has 1 atom stereocenters. The van der Waals surface area contributed by atoms with Crippen LogP contribution in [0.25, 0.3) is 0 Å². The molecule has 0 amide bonds. The molecule has 0 aromatic rings. The number of rotatable bonds is 1. The molecule has 4 heteroatoms. The second kappa shape index (κ2) is 3.92. The highest BCUT2D eigenvalue weighted by Crippen LogP contribution is 2.19. The molecule has 0 saturated carbocycles. The topological polar surface area (TPSA) is 61.5 Å². The molecule has 0 unspecified atom stereocenters. The largest absolute Gasteiger partial charge is 0.504 e. The van der Waals surface area contributed by atoms with E-state index in [2.05, 4.69) is 10.2 Å². The molecule has 2 rings (SSSR count). The molecule has 0 aromatic carbocycles. The van der Waals surface area contributed by atoms with Crippen molar-refractivity contribution in [1.29, 1.82) is 0 Å². The summed E-state index contributed by atoms with van der Waals surface area (Å²) in [6, 6.07) is 0.243. The van der Waals surface area contributed by atoms with Crippen LogP contribution in [0.5, 0.6) is 0 Å². The molecule has 2 aliphatic rings. The first-order valence-electron chi connectivity index (χ1n) is 5.11. The predicted molar refractivity (Wildman–Crippen MR) is 55.6 cm³/mol. The number of nitrogens with one attached hydrogen (secondary N) is 1. The van der Waals surface area contributed by atoms with Crippen LogP contribution in [0, 0.1) is 0 Å². The molecule has 1 fully saturated rings. The van der Waals surface area contributed by atoms with E-state index in [0.717, 1.165) is 38.2 Å². The van der Waals surface area contributed by atoms with Crippen molar-refractivity contribution < 1.29 is 5.11 Å². The van der Waals surface area contributed by atoms with E-state index in [1.165, 1.54) is 0 Å². The van der Waals surface area contributed by atoms with Crippen molar-refractivity contribution in [3.05, 3.63) is 23.7 Å². The molecule has 4 nitrogen and oxygen atoms in total. The van der Waals surface area contributed by atoms with E-state index in [1.54, 1.807) is 6.20 Å². The van der Waals surface area contributed by atoms with Gasteiger partial charge in [0.1, 0.15) is 0 Å². The molecule has 78 valence electrons. The molecule has 2 aliphatic heterocycles. The molecule has 2 heterocycles. The zero-order valence-corrected chi connectivity index (χ0v) is 8.24. The van der Waals surface area contributed by atoms with E-state index in [4.69, 9.17) is 5.73 Å². The van der Waals surface area contributed by atoms with Gasteiger partial charge in [-0.15, -0.1) is 0 Å². The van der Waals surface area contributed by atoms with E-state index in [0.29, 0.717) is 5.76 Å². The second-order valence-corrected chi connectivity index (χ2v) is 3.88. The van der Waals surface area contributed by atoms with Gasteiger partial charge >= 0.3 is 0 Å². The van der Waals surface area contributed by atoms with Gasteiger partial charge in [0, 0.05) is 31.9 Å². The van der Waals surface area contributed by atoms with Crippen LogP contribution in [0.2, 0.25) is 0 Å². The Morgan fingerprint density at radius 3 is 3.14 bits per heavy atom. The Kier molecular flexibility index (Phi) is 2.63. The Morgan fingerprint density at radius 2 is 2.43 bits per heavy atom. The molecule has 0 spiro atoms. The molecule has 0 radical (unpaired) electrons. The molecule has 1 saturated heterocycles. The van der Waals surface area contributed by atoms with Crippen LogP contribution in [-0.2, 0) is 0 Å². The summed E-state index contributed by atoms with van der Waals surface area (Å²) in [7, 11) is 0. The van der Waals surface area contributed by atoms with E-state index in [-0.39, 0.29) is 6.04 Å². The summed E-state index contributed by atoms with van der Waals surface area (Å²) in [5, 5.41) is 12.6. The Morgan fingerprint density at radius 1 is 1.57 bits per heavy atom. The lowest BCUT2D eigenvalue weighted by Crippen LogP contribution is -2.43. The molecule has 0 aromatic heterocycles. The van der Waals surface area contributed by atoms with E-state index >= 15 is 0 Å². The lowest BCUT2D eigenvalue weighted by atomic mass is 10.1. The SMILES string of the molecule is N[C@@H]1CCCN(C2=CCNC=C2O)C1. The number of piperidine rings is 1. The monoisotopic (exact) mass is 195 g/mol. The van der Waals surface area contributed by atoms with Gasteiger partial charge in [0.25, 0.3) is 0 Å². The van der Waals surface area contributed by atoms with Crippen LogP contribution in [0.1, 0.15) is 12.8 Å². The van der Waals surface area contributed by atoms with Gasteiger partial charge in [-0.2, -0.15) is 0 Å². The number of aliphatic hydroxyl groups is 1. The molecular formula is C10H17N3O. The number of hydrogen-bond donors (Lipinski definition) is 3. The van der Waals surface area contributed by atoms with Crippen molar-refractivity contribution in [2.75, 3.05) is 19.6 Å². The van der Waals surface area contributed by atoms with Crippen LogP contribution < -0.4 is 11.1 Å². The maximum atomic E-state index is 9.66. The Hall–Kier alpha value is -1.16. The highest BCUT2D eigenvalue weighted by atomic mass is 16.3. The highest BCUT2D eigenvalue weighted by Gasteiger charge is 2.21. The number of nitrogens with two attached hydrogens (primary N) is 1. The van der Waals surface area contributed by atoms with Crippen molar-refractivity contribution >= 4 is 0 Å². The lowest BCUT2D eigenvalue weighted by Gasteiger charge is -2.34. The van der Waals surface area contributed by atoms with Crippen molar-refractivity contribution in [2.24, 2.45) is 5.73 Å². The maximum Gasteiger partial charge on any atom is 0.154 e. The Labute approximate surface area is 84.1 Å². The number of dihydropyridines is 1. The van der Waals surface area contributed by atoms with Crippen molar-refractivity contribution in [3.63, 3.8) is 0 Å². The minimum atomic E-state index is 0.243. The quantitative estimate of drug-likeness (QED) is 0.563. The van der Waals surface area contributed by atoms with Crippen LogP contribution in [-0.4, -0.2) is 35.7 Å². The van der Waals surface area contributed by atoms with Gasteiger partial charge in [0.15, 0.2) is 5.76 Å². The third-order valence-corrected chi connectivity index (χ3v) is 2.71. The van der Waals surface area contributed by atoms with E-state index in [9.17, 15) is 5.11 Å². The summed E-state index contributed by atoms with van der Waals surface area (Å²) in [6.07, 6.45) is 5.86. The average Bonchev–Trinajstić information content (AvgIpc) is 2.18. The number of likely N-dealkylation sites (tertiary alicyclic amines) is 1.